The molecule has 1 N–H and O–H groups in total. The Bertz CT molecular complexity index is 406. The summed E-state index contributed by atoms with van der Waals surface area (Å²) in [4.78, 5) is 7.23. The van der Waals surface area contributed by atoms with E-state index in [0.29, 0.717) is 6.04 Å². The molecule has 2 rings (SSSR count). The van der Waals surface area contributed by atoms with E-state index in [-0.39, 0.29) is 0 Å². The van der Waals surface area contributed by atoms with Crippen molar-refractivity contribution in [1.29, 1.82) is 0 Å². The highest BCUT2D eigenvalue weighted by Gasteiger charge is 2.31. The third kappa shape index (κ3) is 4.54. The molecule has 0 saturated heterocycles. The molecule has 1 saturated carbocycles. The number of nitrogens with zero attached hydrogens (tertiary/aromatic N) is 2. The lowest BCUT2D eigenvalue weighted by atomic mass is 10.1. The molecular weight excluding hydrogens is 250 g/mol. The van der Waals surface area contributed by atoms with Gasteiger partial charge in [0.2, 0.25) is 0 Å². The summed E-state index contributed by atoms with van der Waals surface area (Å²) in [7, 11) is 3.72. The molecule has 0 aromatic carbocycles. The first-order chi connectivity index (χ1) is 9.74. The van der Waals surface area contributed by atoms with Crippen LogP contribution in [-0.2, 0) is 17.8 Å². The predicted octanol–water partition coefficient (Wildman–Crippen LogP) is 2.05. The van der Waals surface area contributed by atoms with Crippen LogP contribution >= 0.6 is 0 Å². The molecular formula is C16H27N3O. The second kappa shape index (κ2) is 7.72. The molecule has 1 fully saturated rings. The SMILES string of the molecule is CNCc1cccc(CN(CCOC)C(C)C2CC2)n1. The van der Waals surface area contributed by atoms with Gasteiger partial charge in [-0.1, -0.05) is 6.07 Å². The summed E-state index contributed by atoms with van der Waals surface area (Å²) in [6.45, 7) is 5.84. The zero-order valence-electron chi connectivity index (χ0n) is 12.9. The van der Waals surface area contributed by atoms with Gasteiger partial charge < -0.3 is 10.1 Å². The summed E-state index contributed by atoms with van der Waals surface area (Å²) >= 11 is 0. The normalized spacial score (nSPS) is 16.6. The van der Waals surface area contributed by atoms with Crippen LogP contribution in [0.15, 0.2) is 18.2 Å². The average Bonchev–Trinajstić information content (AvgIpc) is 3.28. The first-order valence-electron chi connectivity index (χ1n) is 7.57. The van der Waals surface area contributed by atoms with E-state index in [1.807, 2.05) is 7.05 Å². The molecule has 1 aromatic heterocycles. The highest BCUT2D eigenvalue weighted by atomic mass is 16.5. The number of hydrogen-bond acceptors (Lipinski definition) is 4. The zero-order valence-corrected chi connectivity index (χ0v) is 12.9. The third-order valence-corrected chi connectivity index (χ3v) is 4.05. The van der Waals surface area contributed by atoms with Gasteiger partial charge in [0, 0.05) is 32.8 Å². The van der Waals surface area contributed by atoms with Crippen LogP contribution in [0.1, 0.15) is 31.2 Å². The number of methoxy groups -OCH3 is 1. The minimum atomic E-state index is 0.625. The molecule has 0 radical (unpaired) electrons. The standard InChI is InChI=1S/C16H27N3O/c1-13(14-7-8-14)19(9-10-20-3)12-16-6-4-5-15(18-16)11-17-2/h4-6,13-14,17H,7-12H2,1-3H3. The van der Waals surface area contributed by atoms with Crippen molar-refractivity contribution in [1.82, 2.24) is 15.2 Å². The van der Waals surface area contributed by atoms with Crippen LogP contribution in [0.2, 0.25) is 0 Å². The Labute approximate surface area is 122 Å². The molecule has 4 heteroatoms. The monoisotopic (exact) mass is 277 g/mol. The Morgan fingerprint density at radius 1 is 1.40 bits per heavy atom. The Balaban J connectivity index is 1.99. The van der Waals surface area contributed by atoms with Crippen LogP contribution < -0.4 is 5.32 Å². The molecule has 1 unspecified atom stereocenters. The van der Waals surface area contributed by atoms with Crippen LogP contribution in [0, 0.1) is 5.92 Å². The van der Waals surface area contributed by atoms with Crippen LogP contribution in [0.5, 0.6) is 0 Å². The van der Waals surface area contributed by atoms with E-state index in [0.717, 1.165) is 43.5 Å². The first kappa shape index (κ1) is 15.4. The van der Waals surface area contributed by atoms with Gasteiger partial charge in [-0.2, -0.15) is 0 Å². The van der Waals surface area contributed by atoms with Gasteiger partial charge >= 0.3 is 0 Å². The van der Waals surface area contributed by atoms with Gasteiger partial charge in [0.25, 0.3) is 0 Å². The van der Waals surface area contributed by atoms with Gasteiger partial charge in [0.1, 0.15) is 0 Å². The van der Waals surface area contributed by atoms with Crippen molar-refractivity contribution in [2.75, 3.05) is 27.3 Å². The largest absolute Gasteiger partial charge is 0.383 e. The number of pyridine rings is 1. The molecule has 1 heterocycles. The lowest BCUT2D eigenvalue weighted by Crippen LogP contribution is -2.37. The summed E-state index contributed by atoms with van der Waals surface area (Å²) in [5, 5.41) is 3.15. The number of aromatic nitrogens is 1. The van der Waals surface area contributed by atoms with Gasteiger partial charge in [-0.25, -0.2) is 0 Å². The Morgan fingerprint density at radius 3 is 2.80 bits per heavy atom. The minimum absolute atomic E-state index is 0.625. The van der Waals surface area contributed by atoms with E-state index in [1.165, 1.54) is 12.8 Å². The van der Waals surface area contributed by atoms with E-state index < -0.39 is 0 Å². The van der Waals surface area contributed by atoms with E-state index in [1.54, 1.807) is 7.11 Å². The summed E-state index contributed by atoms with van der Waals surface area (Å²) in [6.07, 6.45) is 2.75. The van der Waals surface area contributed by atoms with Crippen LogP contribution in [-0.4, -0.2) is 43.2 Å². The van der Waals surface area contributed by atoms with E-state index in [4.69, 9.17) is 9.72 Å². The van der Waals surface area contributed by atoms with Crippen molar-refractivity contribution in [3.63, 3.8) is 0 Å². The maximum absolute atomic E-state index is 5.25. The summed E-state index contributed by atoms with van der Waals surface area (Å²) in [5.41, 5.74) is 2.26. The smallest absolute Gasteiger partial charge is 0.0589 e. The Morgan fingerprint density at radius 2 is 2.15 bits per heavy atom. The minimum Gasteiger partial charge on any atom is -0.383 e. The Kier molecular flexibility index (Phi) is 5.95. The van der Waals surface area contributed by atoms with Crippen molar-refractivity contribution in [3.05, 3.63) is 29.6 Å². The summed E-state index contributed by atoms with van der Waals surface area (Å²) in [6, 6.07) is 6.92. The lowest BCUT2D eigenvalue weighted by molar-refractivity contribution is 0.110. The highest BCUT2D eigenvalue weighted by Crippen LogP contribution is 2.35. The molecule has 0 aliphatic heterocycles. The number of ether oxygens (including phenoxy) is 1. The van der Waals surface area contributed by atoms with Crippen molar-refractivity contribution < 1.29 is 4.74 Å². The molecule has 1 aliphatic rings. The van der Waals surface area contributed by atoms with E-state index in [2.05, 4.69) is 35.3 Å². The van der Waals surface area contributed by atoms with Gasteiger partial charge in [-0.3, -0.25) is 9.88 Å². The van der Waals surface area contributed by atoms with Gasteiger partial charge in [0.05, 0.1) is 18.0 Å². The van der Waals surface area contributed by atoms with Gasteiger partial charge in [-0.15, -0.1) is 0 Å². The van der Waals surface area contributed by atoms with Crippen molar-refractivity contribution in [3.8, 4) is 0 Å². The maximum atomic E-state index is 5.25. The third-order valence-electron chi connectivity index (χ3n) is 4.05. The fourth-order valence-corrected chi connectivity index (χ4v) is 2.62. The van der Waals surface area contributed by atoms with Crippen LogP contribution in [0.3, 0.4) is 0 Å². The number of nitrogens with one attached hydrogen (secondary N) is 1. The summed E-state index contributed by atoms with van der Waals surface area (Å²) in [5.74, 6) is 0.868. The average molecular weight is 277 g/mol. The second-order valence-electron chi connectivity index (χ2n) is 5.69. The Hall–Kier alpha value is -0.970. The maximum Gasteiger partial charge on any atom is 0.0589 e. The molecule has 1 aliphatic carbocycles. The van der Waals surface area contributed by atoms with Crippen LogP contribution in [0.4, 0.5) is 0 Å². The van der Waals surface area contributed by atoms with E-state index >= 15 is 0 Å². The van der Waals surface area contributed by atoms with Crippen molar-refractivity contribution in [2.24, 2.45) is 5.92 Å². The van der Waals surface area contributed by atoms with Crippen molar-refractivity contribution in [2.45, 2.75) is 38.9 Å². The number of rotatable bonds is 9. The molecule has 112 valence electrons. The molecule has 0 bridgehead atoms. The second-order valence-corrected chi connectivity index (χ2v) is 5.69. The molecule has 1 aromatic rings. The number of hydrogen-bond donors (Lipinski definition) is 1. The topological polar surface area (TPSA) is 37.4 Å². The molecule has 0 amide bonds. The fourth-order valence-electron chi connectivity index (χ4n) is 2.62. The predicted molar refractivity (Wildman–Crippen MR) is 81.5 cm³/mol. The highest BCUT2D eigenvalue weighted by molar-refractivity contribution is 5.11. The van der Waals surface area contributed by atoms with Gasteiger partial charge in [0.15, 0.2) is 0 Å². The zero-order chi connectivity index (χ0) is 14.4. The molecule has 0 spiro atoms. The van der Waals surface area contributed by atoms with Crippen LogP contribution in [0.25, 0.3) is 0 Å². The van der Waals surface area contributed by atoms with E-state index in [9.17, 15) is 0 Å². The lowest BCUT2D eigenvalue weighted by Gasteiger charge is -2.28. The quantitative estimate of drug-likeness (QED) is 0.749. The van der Waals surface area contributed by atoms with Crippen molar-refractivity contribution >= 4 is 0 Å². The molecule has 20 heavy (non-hydrogen) atoms. The fraction of sp³-hybridized carbons (Fsp3) is 0.688. The molecule has 1 atom stereocenters. The molecule has 4 nitrogen and oxygen atoms in total. The van der Waals surface area contributed by atoms with Gasteiger partial charge in [-0.05, 0) is 44.9 Å². The first-order valence-corrected chi connectivity index (χ1v) is 7.57. The summed E-state index contributed by atoms with van der Waals surface area (Å²) < 4.78 is 5.25.